The number of carbonyl (C=O) groups is 2. The number of carbonyl (C=O) groups excluding carboxylic acids is 2. The molecule has 0 fully saturated rings. The van der Waals surface area contributed by atoms with E-state index in [1.165, 1.54) is 77.0 Å². The summed E-state index contributed by atoms with van der Waals surface area (Å²) in [5.41, 5.74) is 0. The van der Waals surface area contributed by atoms with E-state index in [0.29, 0.717) is 23.9 Å². The molecule has 0 saturated heterocycles. The van der Waals surface area contributed by atoms with Crippen molar-refractivity contribution in [3.8, 4) is 0 Å². The normalized spacial score (nSPS) is 13.6. The van der Waals surface area contributed by atoms with E-state index in [4.69, 9.17) is 18.5 Å². The van der Waals surface area contributed by atoms with Crippen molar-refractivity contribution in [3.05, 3.63) is 0 Å². The standard InChI is InChI=1S/C32H64NO8P.Na/c1-6-8-10-12-14-16-18-20-22-24-31(34)38-28-30(29-40-42(36,37)39-27-26-33(3,4)5)41-32(35)25-23-21-19-17-15-13-11-9-7-2;/h30H,6-29H2,1-5H3;/q;+1/p+1/t30-;/m1./s1. The molecule has 2 atom stereocenters. The number of quaternary nitrogens is 1. The first-order valence-corrected chi connectivity index (χ1v) is 18.3. The molecule has 0 aromatic heterocycles. The van der Waals surface area contributed by atoms with E-state index in [1.54, 1.807) is 0 Å². The number of esters is 2. The first-order valence-electron chi connectivity index (χ1n) is 16.8. The SMILES string of the molecule is CCCCCCCCCCCC(=O)OC[C@H](COP(=O)(O)OCC[N+](C)(C)C)OC(=O)CCCCCCCCCCC.[Na+]. The van der Waals surface area contributed by atoms with E-state index in [9.17, 15) is 19.0 Å². The minimum Gasteiger partial charge on any atom is -0.462 e. The Kier molecular flexibility index (Phi) is 30.9. The summed E-state index contributed by atoms with van der Waals surface area (Å²) < 4.78 is 33.9. The summed E-state index contributed by atoms with van der Waals surface area (Å²) in [7, 11) is 1.48. The van der Waals surface area contributed by atoms with Crippen LogP contribution in [0.15, 0.2) is 0 Å². The van der Waals surface area contributed by atoms with E-state index in [2.05, 4.69) is 13.8 Å². The summed E-state index contributed by atoms with van der Waals surface area (Å²) in [5.74, 6) is -0.801. The van der Waals surface area contributed by atoms with Gasteiger partial charge >= 0.3 is 49.3 Å². The molecule has 0 aliphatic carbocycles. The third kappa shape index (κ3) is 33.2. The second-order valence-electron chi connectivity index (χ2n) is 12.6. The Morgan fingerprint density at radius 1 is 0.651 bits per heavy atom. The van der Waals surface area contributed by atoms with Crippen LogP contribution in [-0.4, -0.2) is 74.9 Å². The zero-order valence-electron chi connectivity index (χ0n) is 28.7. The molecule has 0 rings (SSSR count). The molecule has 9 nitrogen and oxygen atoms in total. The van der Waals surface area contributed by atoms with Gasteiger partial charge in [-0.25, -0.2) is 4.57 Å². The molecule has 11 heteroatoms. The Morgan fingerprint density at radius 3 is 1.51 bits per heavy atom. The number of nitrogens with zero attached hydrogens (tertiary/aromatic N) is 1. The number of rotatable bonds is 30. The number of hydrogen-bond donors (Lipinski definition) is 1. The van der Waals surface area contributed by atoms with Gasteiger partial charge in [0.25, 0.3) is 0 Å². The van der Waals surface area contributed by atoms with Crippen LogP contribution in [0.4, 0.5) is 0 Å². The van der Waals surface area contributed by atoms with Gasteiger partial charge in [-0.15, -0.1) is 0 Å². The van der Waals surface area contributed by atoms with Gasteiger partial charge in [-0.05, 0) is 12.8 Å². The minimum absolute atomic E-state index is 0. The second kappa shape index (κ2) is 29.4. The van der Waals surface area contributed by atoms with Crippen LogP contribution in [0, 0.1) is 0 Å². The predicted molar refractivity (Wildman–Crippen MR) is 169 cm³/mol. The van der Waals surface area contributed by atoms with E-state index in [1.807, 2.05) is 21.1 Å². The number of hydrogen-bond acceptors (Lipinski definition) is 7. The summed E-state index contributed by atoms with van der Waals surface area (Å²) in [4.78, 5) is 34.8. The fraction of sp³-hybridized carbons (Fsp3) is 0.938. The maximum absolute atomic E-state index is 12.5. The van der Waals surface area contributed by atoms with Crippen LogP contribution in [0.25, 0.3) is 0 Å². The van der Waals surface area contributed by atoms with Crippen molar-refractivity contribution in [2.45, 2.75) is 148 Å². The molecule has 0 saturated carbocycles. The van der Waals surface area contributed by atoms with Crippen LogP contribution in [-0.2, 0) is 32.7 Å². The molecule has 0 amide bonds. The molecule has 43 heavy (non-hydrogen) atoms. The van der Waals surface area contributed by atoms with Crippen molar-refractivity contribution >= 4 is 19.8 Å². The third-order valence-corrected chi connectivity index (χ3v) is 8.12. The molecule has 0 heterocycles. The van der Waals surface area contributed by atoms with Crippen LogP contribution >= 0.6 is 7.82 Å². The fourth-order valence-corrected chi connectivity index (χ4v) is 5.17. The van der Waals surface area contributed by atoms with Gasteiger partial charge in [0.1, 0.15) is 19.8 Å². The summed E-state index contributed by atoms with van der Waals surface area (Å²) in [6, 6.07) is 0. The minimum atomic E-state index is -4.35. The monoisotopic (exact) mass is 645 g/mol. The molecule has 0 spiro atoms. The van der Waals surface area contributed by atoms with Crippen LogP contribution in [0.2, 0.25) is 0 Å². The van der Waals surface area contributed by atoms with E-state index >= 15 is 0 Å². The average molecular weight is 646 g/mol. The van der Waals surface area contributed by atoms with E-state index < -0.39 is 26.5 Å². The third-order valence-electron chi connectivity index (χ3n) is 7.14. The predicted octanol–water partition coefficient (Wildman–Crippen LogP) is 5.13. The average Bonchev–Trinajstić information content (AvgIpc) is 2.92. The number of phosphoric ester groups is 1. The Morgan fingerprint density at radius 2 is 1.07 bits per heavy atom. The van der Waals surface area contributed by atoms with Crippen molar-refractivity contribution in [1.29, 1.82) is 0 Å². The second-order valence-corrected chi connectivity index (χ2v) is 14.0. The summed E-state index contributed by atoms with van der Waals surface area (Å²) in [5, 5.41) is 0. The first kappa shape index (κ1) is 45.1. The molecule has 1 unspecified atom stereocenters. The molecular weight excluding hydrogens is 580 g/mol. The van der Waals surface area contributed by atoms with Crippen LogP contribution in [0.1, 0.15) is 142 Å². The molecule has 250 valence electrons. The van der Waals surface area contributed by atoms with Crippen molar-refractivity contribution < 1.29 is 71.6 Å². The molecule has 0 aromatic carbocycles. The van der Waals surface area contributed by atoms with E-state index in [-0.39, 0.29) is 55.2 Å². The molecule has 0 radical (unpaired) electrons. The van der Waals surface area contributed by atoms with Crippen molar-refractivity contribution in [1.82, 2.24) is 0 Å². The van der Waals surface area contributed by atoms with Gasteiger partial charge in [-0.2, -0.15) is 0 Å². The maximum Gasteiger partial charge on any atom is 1.00 e. The number of ether oxygens (including phenoxy) is 2. The van der Waals surface area contributed by atoms with Crippen LogP contribution < -0.4 is 29.6 Å². The maximum atomic E-state index is 12.5. The summed E-state index contributed by atoms with van der Waals surface area (Å²) in [6.07, 6.45) is 20.2. The topological polar surface area (TPSA) is 108 Å². The van der Waals surface area contributed by atoms with Crippen molar-refractivity contribution in [2.24, 2.45) is 0 Å². The van der Waals surface area contributed by atoms with Gasteiger partial charge in [0.05, 0.1) is 27.7 Å². The largest absolute Gasteiger partial charge is 1.00 e. The first-order chi connectivity index (χ1) is 20.0. The Bertz CT molecular complexity index is 720. The van der Waals surface area contributed by atoms with Crippen molar-refractivity contribution in [2.75, 3.05) is 47.5 Å². The number of likely N-dealkylation sites (N-methyl/N-ethyl adjacent to an activating group) is 1. The molecular formula is C32H65NNaO8P+2. The summed E-state index contributed by atoms with van der Waals surface area (Å²) >= 11 is 0. The zero-order valence-corrected chi connectivity index (χ0v) is 31.6. The van der Waals surface area contributed by atoms with Gasteiger partial charge < -0.3 is 18.9 Å². The fourth-order valence-electron chi connectivity index (χ4n) is 4.42. The Hall–Kier alpha value is 0.0100. The number of unbranched alkanes of at least 4 members (excludes halogenated alkanes) is 16. The van der Waals surface area contributed by atoms with E-state index in [0.717, 1.165) is 32.1 Å². The van der Waals surface area contributed by atoms with Crippen molar-refractivity contribution in [3.63, 3.8) is 0 Å². The molecule has 1 N–H and O–H groups in total. The van der Waals surface area contributed by atoms with Gasteiger partial charge in [0, 0.05) is 12.8 Å². The summed E-state index contributed by atoms with van der Waals surface area (Å²) in [6.45, 7) is 4.36. The quantitative estimate of drug-likeness (QED) is 0.0377. The zero-order chi connectivity index (χ0) is 31.5. The Labute approximate surface area is 286 Å². The molecule has 0 aromatic rings. The molecule has 0 bridgehead atoms. The van der Waals surface area contributed by atoms with Gasteiger partial charge in [0.2, 0.25) is 0 Å². The van der Waals surface area contributed by atoms with Gasteiger partial charge in [-0.3, -0.25) is 18.6 Å². The van der Waals surface area contributed by atoms with Gasteiger partial charge in [-0.1, -0.05) is 117 Å². The van der Waals surface area contributed by atoms with Gasteiger partial charge in [0.15, 0.2) is 6.10 Å². The molecule has 0 aliphatic rings. The Balaban J connectivity index is 0. The van der Waals surface area contributed by atoms with Crippen LogP contribution in [0.5, 0.6) is 0 Å². The smallest absolute Gasteiger partial charge is 0.462 e. The molecule has 0 aliphatic heterocycles. The van der Waals surface area contributed by atoms with Crippen LogP contribution in [0.3, 0.4) is 0 Å². The number of phosphoric acid groups is 1.